The fraction of sp³-hybridized carbons (Fsp3) is 0.682. The number of aliphatic hydroxyl groups is 1. The number of carbonyl (C=O) groups excluding carboxylic acids is 1. The highest BCUT2D eigenvalue weighted by atomic mass is 35.5. The molecular weight excluding hydrogens is 424 g/mol. The standard InChI is InChI=1S/C16H30N2O3S.C6H5ClO/c1-10-6-11-7-12(9-16(4,20)8-11)13(10)17-14(19)15(2,3)18-22(5)21;7-5-3-1-2-4-6(5)8/h10-13,18,20H,6-9H2,1-5H3,(H,17,19);1-4,8H. The monoisotopic (exact) mass is 458 g/mol. The van der Waals surface area contributed by atoms with Gasteiger partial charge in [0.05, 0.1) is 21.6 Å². The smallest absolute Gasteiger partial charge is 0.240 e. The van der Waals surface area contributed by atoms with E-state index in [-0.39, 0.29) is 17.7 Å². The Bertz CT molecular complexity index is 748. The van der Waals surface area contributed by atoms with E-state index >= 15 is 0 Å². The molecule has 2 aliphatic carbocycles. The number of fused-ring (bicyclic) bond motifs is 2. The van der Waals surface area contributed by atoms with Crippen molar-refractivity contribution in [1.82, 2.24) is 10.0 Å². The number of rotatable bonds is 4. The third kappa shape index (κ3) is 6.94. The topological polar surface area (TPSA) is 98.7 Å². The number of phenolic OH excluding ortho intramolecular Hbond substituents is 1. The maximum absolute atomic E-state index is 12.6. The van der Waals surface area contributed by atoms with Crippen molar-refractivity contribution in [3.63, 3.8) is 0 Å². The third-order valence-electron chi connectivity index (χ3n) is 6.01. The lowest BCUT2D eigenvalue weighted by Gasteiger charge is -2.49. The summed E-state index contributed by atoms with van der Waals surface area (Å²) in [6.07, 6.45) is 5.27. The zero-order valence-electron chi connectivity index (χ0n) is 18.4. The number of para-hydroxylation sites is 1. The highest BCUT2D eigenvalue weighted by Crippen LogP contribution is 2.46. The SMILES string of the molecule is CC1CC2CC(CC(C)(O)C2)C1NC(=O)C(C)(C)NS(C)=O.Oc1ccccc1Cl. The van der Waals surface area contributed by atoms with E-state index in [1.807, 2.05) is 6.92 Å². The van der Waals surface area contributed by atoms with E-state index in [4.69, 9.17) is 16.7 Å². The number of carbonyl (C=O) groups is 1. The summed E-state index contributed by atoms with van der Waals surface area (Å²) < 4.78 is 14.2. The van der Waals surface area contributed by atoms with Crippen molar-refractivity contribution in [3.05, 3.63) is 29.3 Å². The molecule has 0 aliphatic heterocycles. The number of amides is 1. The molecule has 0 radical (unpaired) electrons. The second kappa shape index (κ2) is 9.98. The maximum atomic E-state index is 12.6. The van der Waals surface area contributed by atoms with Crippen LogP contribution in [0.2, 0.25) is 5.02 Å². The fourth-order valence-electron chi connectivity index (χ4n) is 4.90. The maximum Gasteiger partial charge on any atom is 0.240 e. The van der Waals surface area contributed by atoms with Crippen LogP contribution in [0.4, 0.5) is 0 Å². The lowest BCUT2D eigenvalue weighted by molar-refractivity contribution is -0.129. The summed E-state index contributed by atoms with van der Waals surface area (Å²) in [7, 11) is -1.24. The largest absolute Gasteiger partial charge is 0.506 e. The van der Waals surface area contributed by atoms with Crippen molar-refractivity contribution < 1.29 is 19.2 Å². The van der Waals surface area contributed by atoms with Crippen LogP contribution in [0, 0.1) is 17.8 Å². The summed E-state index contributed by atoms with van der Waals surface area (Å²) in [5, 5.41) is 22.8. The number of aromatic hydroxyl groups is 1. The molecule has 0 saturated heterocycles. The molecule has 170 valence electrons. The van der Waals surface area contributed by atoms with E-state index in [1.54, 1.807) is 38.1 Å². The Morgan fingerprint density at radius 3 is 2.43 bits per heavy atom. The predicted molar refractivity (Wildman–Crippen MR) is 122 cm³/mol. The molecule has 6 unspecified atom stereocenters. The van der Waals surface area contributed by atoms with Gasteiger partial charge in [0.15, 0.2) is 0 Å². The first kappa shape index (κ1) is 25.1. The van der Waals surface area contributed by atoms with Crippen molar-refractivity contribution >= 4 is 28.5 Å². The molecule has 4 N–H and O–H groups in total. The van der Waals surface area contributed by atoms with Crippen LogP contribution in [0.25, 0.3) is 0 Å². The average Bonchev–Trinajstić information content (AvgIpc) is 2.59. The summed E-state index contributed by atoms with van der Waals surface area (Å²) in [6.45, 7) is 7.59. The van der Waals surface area contributed by atoms with Gasteiger partial charge in [-0.3, -0.25) is 4.79 Å². The van der Waals surface area contributed by atoms with Gasteiger partial charge in [0, 0.05) is 12.3 Å². The van der Waals surface area contributed by atoms with Gasteiger partial charge in [-0.05, 0) is 76.3 Å². The van der Waals surface area contributed by atoms with Gasteiger partial charge in [-0.1, -0.05) is 30.7 Å². The van der Waals surface area contributed by atoms with Crippen molar-refractivity contribution in [2.45, 2.75) is 70.6 Å². The molecular formula is C22H35ClN2O4S. The van der Waals surface area contributed by atoms with Crippen LogP contribution in [-0.4, -0.2) is 43.8 Å². The van der Waals surface area contributed by atoms with Gasteiger partial charge >= 0.3 is 0 Å². The number of nitrogens with one attached hydrogen (secondary N) is 2. The minimum atomic E-state index is -1.24. The van der Waals surface area contributed by atoms with Gasteiger partial charge in [0.2, 0.25) is 5.91 Å². The third-order valence-corrected chi connectivity index (χ3v) is 7.13. The number of hydrogen-bond donors (Lipinski definition) is 4. The summed E-state index contributed by atoms with van der Waals surface area (Å²) in [5.74, 6) is 1.31. The first-order chi connectivity index (χ1) is 13.8. The summed E-state index contributed by atoms with van der Waals surface area (Å²) in [5.41, 5.74) is -1.48. The highest BCUT2D eigenvalue weighted by Gasteiger charge is 2.46. The molecule has 0 heterocycles. The van der Waals surface area contributed by atoms with Gasteiger partial charge in [0.1, 0.15) is 11.3 Å². The van der Waals surface area contributed by atoms with Gasteiger partial charge in [-0.25, -0.2) is 8.93 Å². The molecule has 2 fully saturated rings. The van der Waals surface area contributed by atoms with Crippen LogP contribution < -0.4 is 10.0 Å². The first-order valence-electron chi connectivity index (χ1n) is 10.4. The average molecular weight is 459 g/mol. The summed E-state index contributed by atoms with van der Waals surface area (Å²) in [4.78, 5) is 12.6. The van der Waals surface area contributed by atoms with E-state index in [9.17, 15) is 14.1 Å². The van der Waals surface area contributed by atoms with Crippen LogP contribution >= 0.6 is 11.6 Å². The van der Waals surface area contributed by atoms with Gasteiger partial charge in [0.25, 0.3) is 0 Å². The summed E-state index contributed by atoms with van der Waals surface area (Å²) >= 11 is 5.46. The van der Waals surface area contributed by atoms with E-state index < -0.39 is 22.1 Å². The molecule has 0 spiro atoms. The van der Waals surface area contributed by atoms with Crippen molar-refractivity contribution in [2.75, 3.05) is 6.26 Å². The molecule has 1 aromatic carbocycles. The Morgan fingerprint density at radius 2 is 1.90 bits per heavy atom. The van der Waals surface area contributed by atoms with E-state index in [0.29, 0.717) is 22.8 Å². The Morgan fingerprint density at radius 1 is 1.27 bits per heavy atom. The van der Waals surface area contributed by atoms with E-state index in [2.05, 4.69) is 17.0 Å². The van der Waals surface area contributed by atoms with Crippen molar-refractivity contribution in [2.24, 2.45) is 17.8 Å². The molecule has 6 nitrogen and oxygen atoms in total. The molecule has 0 aromatic heterocycles. The van der Waals surface area contributed by atoms with Crippen LogP contribution in [0.5, 0.6) is 5.75 Å². The Kier molecular flexibility index (Phi) is 8.36. The predicted octanol–water partition coefficient (Wildman–Crippen LogP) is 3.39. The number of benzene rings is 1. The molecule has 6 atom stereocenters. The lowest BCUT2D eigenvalue weighted by atomic mass is 9.61. The Labute approximate surface area is 187 Å². The van der Waals surface area contributed by atoms with Crippen molar-refractivity contribution in [1.29, 1.82) is 0 Å². The minimum Gasteiger partial charge on any atom is -0.506 e. The van der Waals surface area contributed by atoms with Gasteiger partial charge in [-0.2, -0.15) is 0 Å². The zero-order valence-corrected chi connectivity index (χ0v) is 20.0. The normalized spacial score (nSPS) is 31.8. The number of hydrogen-bond acceptors (Lipinski definition) is 4. The van der Waals surface area contributed by atoms with E-state index in [1.165, 1.54) is 6.26 Å². The molecule has 1 amide bonds. The second-order valence-corrected chi connectivity index (χ2v) is 11.1. The molecule has 2 bridgehead atoms. The molecule has 2 saturated carbocycles. The molecule has 1 aromatic rings. The van der Waals surface area contributed by atoms with Gasteiger partial charge in [-0.15, -0.1) is 0 Å². The molecule has 8 heteroatoms. The van der Waals surface area contributed by atoms with Crippen molar-refractivity contribution in [3.8, 4) is 5.75 Å². The highest BCUT2D eigenvalue weighted by molar-refractivity contribution is 7.82. The zero-order chi connectivity index (χ0) is 22.7. The minimum absolute atomic E-state index is 0.0851. The van der Waals surface area contributed by atoms with Gasteiger partial charge < -0.3 is 15.5 Å². The second-order valence-electron chi connectivity index (χ2n) is 9.61. The molecule has 3 rings (SSSR count). The Hall–Kier alpha value is -1.15. The van der Waals surface area contributed by atoms with Crippen LogP contribution in [0.1, 0.15) is 53.4 Å². The van der Waals surface area contributed by atoms with Crippen LogP contribution in [0.15, 0.2) is 24.3 Å². The summed E-state index contributed by atoms with van der Waals surface area (Å²) in [6, 6.07) is 6.75. The lowest BCUT2D eigenvalue weighted by Crippen LogP contribution is -2.60. The van der Waals surface area contributed by atoms with Crippen LogP contribution in [0.3, 0.4) is 0 Å². The first-order valence-corrected chi connectivity index (χ1v) is 12.3. The quantitative estimate of drug-likeness (QED) is 0.555. The number of halogens is 1. The molecule has 30 heavy (non-hydrogen) atoms. The number of phenols is 1. The molecule has 2 aliphatic rings. The van der Waals surface area contributed by atoms with E-state index in [0.717, 1.165) is 25.7 Å². The van der Waals surface area contributed by atoms with Crippen LogP contribution in [-0.2, 0) is 15.8 Å². The fourth-order valence-corrected chi connectivity index (χ4v) is 5.85. The Balaban J connectivity index is 0.000000335.